The van der Waals surface area contributed by atoms with Crippen molar-refractivity contribution < 1.29 is 9.53 Å². The molecular formula is C14H22N4O2. The number of aromatic nitrogens is 2. The van der Waals surface area contributed by atoms with Crippen molar-refractivity contribution in [3.05, 3.63) is 17.8 Å². The van der Waals surface area contributed by atoms with E-state index in [1.165, 1.54) is 39.2 Å². The summed E-state index contributed by atoms with van der Waals surface area (Å²) in [7, 11) is 1.32. The van der Waals surface area contributed by atoms with Gasteiger partial charge in [-0.1, -0.05) is 19.3 Å². The van der Waals surface area contributed by atoms with Gasteiger partial charge in [-0.15, -0.1) is 10.2 Å². The maximum atomic E-state index is 11.3. The zero-order valence-corrected chi connectivity index (χ0v) is 11.8. The summed E-state index contributed by atoms with van der Waals surface area (Å²) in [5, 5.41) is 11.2. The molecule has 1 saturated carbocycles. The van der Waals surface area contributed by atoms with Crippen LogP contribution in [0.4, 0.5) is 5.82 Å². The molecule has 1 heterocycles. The lowest BCUT2D eigenvalue weighted by Gasteiger charge is -2.30. The number of esters is 1. The van der Waals surface area contributed by atoms with Gasteiger partial charge in [-0.3, -0.25) is 0 Å². The van der Waals surface area contributed by atoms with Crippen molar-refractivity contribution >= 4 is 11.8 Å². The first-order valence-electron chi connectivity index (χ1n) is 7.13. The first-order chi connectivity index (χ1) is 9.74. The fourth-order valence-electron chi connectivity index (χ4n) is 2.72. The molecule has 0 aromatic carbocycles. The van der Waals surface area contributed by atoms with Crippen LogP contribution >= 0.6 is 0 Å². The SMILES string of the molecule is COC(=O)c1ccc(NC(CN)C2CCCCC2)nn1. The Morgan fingerprint density at radius 2 is 2.15 bits per heavy atom. The van der Waals surface area contributed by atoms with Crippen LogP contribution in [-0.2, 0) is 4.74 Å². The van der Waals surface area contributed by atoms with Crippen LogP contribution in [0.15, 0.2) is 12.1 Å². The van der Waals surface area contributed by atoms with E-state index in [0.29, 0.717) is 18.3 Å². The van der Waals surface area contributed by atoms with Crippen molar-refractivity contribution in [2.45, 2.75) is 38.1 Å². The van der Waals surface area contributed by atoms with E-state index in [-0.39, 0.29) is 11.7 Å². The van der Waals surface area contributed by atoms with E-state index in [2.05, 4.69) is 20.3 Å². The molecule has 0 amide bonds. The highest BCUT2D eigenvalue weighted by atomic mass is 16.5. The van der Waals surface area contributed by atoms with Crippen molar-refractivity contribution in [1.29, 1.82) is 0 Å². The van der Waals surface area contributed by atoms with E-state index < -0.39 is 5.97 Å². The number of nitrogens with two attached hydrogens (primary N) is 1. The van der Waals surface area contributed by atoms with Crippen molar-refractivity contribution in [3.8, 4) is 0 Å². The van der Waals surface area contributed by atoms with Gasteiger partial charge < -0.3 is 15.8 Å². The van der Waals surface area contributed by atoms with Crippen molar-refractivity contribution in [2.75, 3.05) is 19.0 Å². The number of hydrogen-bond donors (Lipinski definition) is 2. The normalized spacial score (nSPS) is 17.5. The Hall–Kier alpha value is -1.69. The van der Waals surface area contributed by atoms with Gasteiger partial charge in [0.15, 0.2) is 5.69 Å². The summed E-state index contributed by atoms with van der Waals surface area (Å²) in [5.41, 5.74) is 6.07. The lowest BCUT2D eigenvalue weighted by Crippen LogP contribution is -2.37. The fourth-order valence-corrected chi connectivity index (χ4v) is 2.72. The second kappa shape index (κ2) is 7.19. The number of hydrogen-bond acceptors (Lipinski definition) is 6. The lowest BCUT2D eigenvalue weighted by molar-refractivity contribution is 0.0593. The monoisotopic (exact) mass is 278 g/mol. The third-order valence-electron chi connectivity index (χ3n) is 3.87. The highest BCUT2D eigenvalue weighted by Gasteiger charge is 2.22. The molecule has 3 N–H and O–H groups in total. The first kappa shape index (κ1) is 14.7. The molecule has 0 saturated heterocycles. The average molecular weight is 278 g/mol. The van der Waals surface area contributed by atoms with Crippen LogP contribution in [0.2, 0.25) is 0 Å². The summed E-state index contributed by atoms with van der Waals surface area (Å²) in [6, 6.07) is 3.56. The summed E-state index contributed by atoms with van der Waals surface area (Å²) >= 11 is 0. The summed E-state index contributed by atoms with van der Waals surface area (Å²) in [5.74, 6) is 0.765. The zero-order chi connectivity index (χ0) is 14.4. The summed E-state index contributed by atoms with van der Waals surface area (Å²) in [6.45, 7) is 0.575. The number of nitrogens with zero attached hydrogens (tertiary/aromatic N) is 2. The molecule has 6 nitrogen and oxygen atoms in total. The molecule has 20 heavy (non-hydrogen) atoms. The van der Waals surface area contributed by atoms with Gasteiger partial charge in [-0.25, -0.2) is 4.79 Å². The summed E-state index contributed by atoms with van der Waals surface area (Å²) in [6.07, 6.45) is 6.29. The van der Waals surface area contributed by atoms with Crippen LogP contribution in [0.1, 0.15) is 42.6 Å². The Kier molecular flexibility index (Phi) is 5.29. The van der Waals surface area contributed by atoms with Crippen LogP contribution in [0.25, 0.3) is 0 Å². The number of anilines is 1. The van der Waals surface area contributed by atoms with Crippen LogP contribution in [-0.4, -0.2) is 35.9 Å². The van der Waals surface area contributed by atoms with E-state index in [4.69, 9.17) is 5.73 Å². The molecule has 1 aliphatic carbocycles. The van der Waals surface area contributed by atoms with Crippen LogP contribution in [0.5, 0.6) is 0 Å². The van der Waals surface area contributed by atoms with E-state index in [9.17, 15) is 4.79 Å². The third kappa shape index (κ3) is 3.66. The molecule has 1 aromatic rings. The molecule has 6 heteroatoms. The second-order valence-electron chi connectivity index (χ2n) is 5.18. The maximum absolute atomic E-state index is 11.3. The molecule has 0 bridgehead atoms. The predicted molar refractivity (Wildman–Crippen MR) is 76.4 cm³/mol. The molecule has 0 radical (unpaired) electrons. The van der Waals surface area contributed by atoms with Crippen LogP contribution in [0, 0.1) is 5.92 Å². The number of nitrogens with one attached hydrogen (secondary N) is 1. The molecule has 1 aromatic heterocycles. The second-order valence-corrected chi connectivity index (χ2v) is 5.18. The minimum atomic E-state index is -0.480. The first-order valence-corrected chi connectivity index (χ1v) is 7.13. The number of rotatable bonds is 5. The van der Waals surface area contributed by atoms with Gasteiger partial charge in [0.05, 0.1) is 7.11 Å². The molecule has 0 aliphatic heterocycles. The maximum Gasteiger partial charge on any atom is 0.358 e. The van der Waals surface area contributed by atoms with E-state index in [1.807, 2.05) is 0 Å². The van der Waals surface area contributed by atoms with Gasteiger partial charge in [-0.05, 0) is 30.9 Å². The smallest absolute Gasteiger partial charge is 0.358 e. The Labute approximate surface area is 119 Å². The quantitative estimate of drug-likeness (QED) is 0.795. The number of carbonyl (C=O) groups is 1. The van der Waals surface area contributed by atoms with E-state index >= 15 is 0 Å². The highest BCUT2D eigenvalue weighted by Crippen LogP contribution is 2.27. The van der Waals surface area contributed by atoms with Crippen LogP contribution < -0.4 is 11.1 Å². The number of ether oxygens (including phenoxy) is 1. The lowest BCUT2D eigenvalue weighted by atomic mass is 9.84. The molecule has 1 atom stereocenters. The minimum Gasteiger partial charge on any atom is -0.464 e. The zero-order valence-electron chi connectivity index (χ0n) is 11.8. The number of methoxy groups -OCH3 is 1. The summed E-state index contributed by atoms with van der Waals surface area (Å²) < 4.78 is 4.59. The summed E-state index contributed by atoms with van der Waals surface area (Å²) in [4.78, 5) is 11.3. The Morgan fingerprint density at radius 3 is 2.70 bits per heavy atom. The van der Waals surface area contributed by atoms with Crippen LogP contribution in [0.3, 0.4) is 0 Å². The number of carbonyl (C=O) groups excluding carboxylic acids is 1. The van der Waals surface area contributed by atoms with Gasteiger partial charge in [0, 0.05) is 12.6 Å². The highest BCUT2D eigenvalue weighted by molar-refractivity contribution is 5.86. The predicted octanol–water partition coefficient (Wildman–Crippen LogP) is 1.58. The van der Waals surface area contributed by atoms with Gasteiger partial charge in [-0.2, -0.15) is 0 Å². The molecule has 1 fully saturated rings. The molecule has 1 unspecified atom stereocenters. The van der Waals surface area contributed by atoms with Gasteiger partial charge in [0.25, 0.3) is 0 Å². The van der Waals surface area contributed by atoms with Gasteiger partial charge in [0.2, 0.25) is 0 Å². The molecule has 2 rings (SSSR count). The van der Waals surface area contributed by atoms with E-state index in [1.54, 1.807) is 12.1 Å². The topological polar surface area (TPSA) is 90.1 Å². The molecule has 1 aliphatic rings. The van der Waals surface area contributed by atoms with Crippen molar-refractivity contribution in [2.24, 2.45) is 11.7 Å². The Morgan fingerprint density at radius 1 is 1.40 bits per heavy atom. The molecule has 0 spiro atoms. The van der Waals surface area contributed by atoms with Gasteiger partial charge >= 0.3 is 5.97 Å². The standard InChI is InChI=1S/C14H22N4O2/c1-20-14(19)11-7-8-13(18-17-11)16-12(9-15)10-5-3-2-4-6-10/h7-8,10,12H,2-6,9,15H2,1H3,(H,16,18). The van der Waals surface area contributed by atoms with E-state index in [0.717, 1.165) is 0 Å². The third-order valence-corrected chi connectivity index (χ3v) is 3.87. The Bertz CT molecular complexity index is 429. The van der Waals surface area contributed by atoms with Crippen molar-refractivity contribution in [1.82, 2.24) is 10.2 Å². The molecular weight excluding hydrogens is 256 g/mol. The Balaban J connectivity index is 1.98. The largest absolute Gasteiger partial charge is 0.464 e. The fraction of sp³-hybridized carbons (Fsp3) is 0.643. The molecule has 110 valence electrons. The average Bonchev–Trinajstić information content (AvgIpc) is 2.53. The van der Waals surface area contributed by atoms with Crippen molar-refractivity contribution in [3.63, 3.8) is 0 Å². The van der Waals surface area contributed by atoms with Gasteiger partial charge in [0.1, 0.15) is 5.82 Å². The minimum absolute atomic E-state index is 0.208.